The number of aromatic nitrogens is 2. The van der Waals surface area contributed by atoms with Gasteiger partial charge in [0.1, 0.15) is 0 Å². The predicted octanol–water partition coefficient (Wildman–Crippen LogP) is 1.98. The summed E-state index contributed by atoms with van der Waals surface area (Å²) in [4.78, 5) is 12.2. The molecule has 0 saturated heterocycles. The molecule has 6 nitrogen and oxygen atoms in total. The van der Waals surface area contributed by atoms with E-state index in [1.807, 2.05) is 18.2 Å². The van der Waals surface area contributed by atoms with Crippen LogP contribution in [0.2, 0.25) is 0 Å². The zero-order chi connectivity index (χ0) is 14.1. The van der Waals surface area contributed by atoms with Gasteiger partial charge in [-0.25, -0.2) is 0 Å². The molecule has 3 aromatic rings. The molecule has 6 heteroatoms. The molecule has 0 saturated carbocycles. The largest absolute Gasteiger partial charge is 0.399 e. The molecule has 0 radical (unpaired) electrons. The minimum atomic E-state index is -0.281. The summed E-state index contributed by atoms with van der Waals surface area (Å²) in [5.41, 5.74) is 14.2. The van der Waals surface area contributed by atoms with E-state index >= 15 is 0 Å². The molecule has 100 valence electrons. The van der Waals surface area contributed by atoms with E-state index in [1.54, 1.807) is 24.4 Å². The van der Waals surface area contributed by atoms with Crippen molar-refractivity contribution in [2.45, 2.75) is 0 Å². The Morgan fingerprint density at radius 3 is 2.85 bits per heavy atom. The standard InChI is InChI=1S/C14H13N5O/c15-8-4-5-9(11(16)6-8)14(20)18-12-2-1-3-13-10(12)7-17-19-13/h1-7H,15-16H2,(H,17,19)(H,18,20). The smallest absolute Gasteiger partial charge is 0.257 e. The molecule has 0 aliphatic carbocycles. The van der Waals surface area contributed by atoms with Crippen LogP contribution in [0.5, 0.6) is 0 Å². The van der Waals surface area contributed by atoms with Gasteiger partial charge in [0.25, 0.3) is 5.91 Å². The van der Waals surface area contributed by atoms with Gasteiger partial charge < -0.3 is 16.8 Å². The predicted molar refractivity (Wildman–Crippen MR) is 79.3 cm³/mol. The molecule has 1 amide bonds. The first kappa shape index (κ1) is 12.0. The van der Waals surface area contributed by atoms with Crippen LogP contribution in [0.1, 0.15) is 10.4 Å². The van der Waals surface area contributed by atoms with Crippen LogP contribution >= 0.6 is 0 Å². The number of hydrogen-bond donors (Lipinski definition) is 4. The monoisotopic (exact) mass is 267 g/mol. The second-order valence-corrected chi connectivity index (χ2v) is 4.44. The van der Waals surface area contributed by atoms with Crippen LogP contribution in [-0.2, 0) is 0 Å². The average Bonchev–Trinajstić information content (AvgIpc) is 2.87. The Morgan fingerprint density at radius 2 is 2.05 bits per heavy atom. The Bertz CT molecular complexity index is 793. The number of aromatic amines is 1. The number of nitrogens with one attached hydrogen (secondary N) is 2. The zero-order valence-corrected chi connectivity index (χ0v) is 10.6. The van der Waals surface area contributed by atoms with Crippen molar-refractivity contribution in [2.75, 3.05) is 16.8 Å². The molecule has 0 unspecified atom stereocenters. The fourth-order valence-corrected chi connectivity index (χ4v) is 2.05. The molecule has 0 spiro atoms. The third-order valence-electron chi connectivity index (χ3n) is 3.05. The number of rotatable bonds is 2. The molecule has 1 heterocycles. The number of hydrogen-bond acceptors (Lipinski definition) is 4. The lowest BCUT2D eigenvalue weighted by Gasteiger charge is -2.08. The van der Waals surface area contributed by atoms with Crippen molar-refractivity contribution in [3.63, 3.8) is 0 Å². The van der Waals surface area contributed by atoms with Gasteiger partial charge in [0.05, 0.1) is 23.0 Å². The van der Waals surface area contributed by atoms with Gasteiger partial charge in [-0.05, 0) is 30.3 Å². The number of carbonyl (C=O) groups is 1. The van der Waals surface area contributed by atoms with Crippen LogP contribution < -0.4 is 16.8 Å². The molecule has 0 bridgehead atoms. The summed E-state index contributed by atoms with van der Waals surface area (Å²) < 4.78 is 0. The van der Waals surface area contributed by atoms with Crippen molar-refractivity contribution < 1.29 is 4.79 Å². The Labute approximate surface area is 114 Å². The fourth-order valence-electron chi connectivity index (χ4n) is 2.05. The molecule has 0 fully saturated rings. The second-order valence-electron chi connectivity index (χ2n) is 4.44. The fraction of sp³-hybridized carbons (Fsp3) is 0. The van der Waals surface area contributed by atoms with Gasteiger partial charge in [-0.1, -0.05) is 6.07 Å². The quantitative estimate of drug-likeness (QED) is 0.532. The summed E-state index contributed by atoms with van der Waals surface area (Å²) in [6.45, 7) is 0. The summed E-state index contributed by atoms with van der Waals surface area (Å²) >= 11 is 0. The van der Waals surface area contributed by atoms with Gasteiger partial charge >= 0.3 is 0 Å². The summed E-state index contributed by atoms with van der Waals surface area (Å²) in [6.07, 6.45) is 1.66. The summed E-state index contributed by atoms with van der Waals surface area (Å²) in [5, 5.41) is 10.5. The first-order valence-electron chi connectivity index (χ1n) is 6.03. The lowest BCUT2D eigenvalue weighted by atomic mass is 10.1. The normalized spacial score (nSPS) is 10.6. The van der Waals surface area contributed by atoms with Crippen LogP contribution in [-0.4, -0.2) is 16.1 Å². The van der Waals surface area contributed by atoms with E-state index < -0.39 is 0 Å². The maximum Gasteiger partial charge on any atom is 0.257 e. The van der Waals surface area contributed by atoms with Crippen molar-refractivity contribution in [3.8, 4) is 0 Å². The van der Waals surface area contributed by atoms with Crippen LogP contribution in [0.15, 0.2) is 42.6 Å². The van der Waals surface area contributed by atoms with Gasteiger partial charge in [0.2, 0.25) is 0 Å². The highest BCUT2D eigenvalue weighted by atomic mass is 16.1. The number of nitrogens with zero attached hydrogens (tertiary/aromatic N) is 1. The summed E-state index contributed by atoms with van der Waals surface area (Å²) in [7, 11) is 0. The van der Waals surface area contributed by atoms with Crippen molar-refractivity contribution >= 4 is 33.9 Å². The van der Waals surface area contributed by atoms with E-state index in [4.69, 9.17) is 11.5 Å². The lowest BCUT2D eigenvalue weighted by Crippen LogP contribution is -2.14. The first-order chi connectivity index (χ1) is 9.65. The van der Waals surface area contributed by atoms with E-state index in [2.05, 4.69) is 15.5 Å². The third-order valence-corrected chi connectivity index (χ3v) is 3.05. The molecule has 1 aromatic heterocycles. The van der Waals surface area contributed by atoms with Gasteiger partial charge in [-0.15, -0.1) is 0 Å². The van der Waals surface area contributed by atoms with E-state index in [9.17, 15) is 4.79 Å². The van der Waals surface area contributed by atoms with E-state index in [1.165, 1.54) is 0 Å². The van der Waals surface area contributed by atoms with Crippen molar-refractivity contribution in [1.82, 2.24) is 10.2 Å². The van der Waals surface area contributed by atoms with Crippen molar-refractivity contribution in [2.24, 2.45) is 0 Å². The number of nitrogen functional groups attached to an aromatic ring is 2. The molecule has 0 atom stereocenters. The summed E-state index contributed by atoms with van der Waals surface area (Å²) in [5.74, 6) is -0.281. The maximum atomic E-state index is 12.2. The van der Waals surface area contributed by atoms with Crippen LogP contribution in [0, 0.1) is 0 Å². The number of carbonyl (C=O) groups excluding carboxylic acids is 1. The highest BCUT2D eigenvalue weighted by molar-refractivity contribution is 6.11. The van der Waals surface area contributed by atoms with Crippen LogP contribution in [0.25, 0.3) is 10.9 Å². The van der Waals surface area contributed by atoms with Crippen molar-refractivity contribution in [3.05, 3.63) is 48.2 Å². The third kappa shape index (κ3) is 2.03. The van der Waals surface area contributed by atoms with Gasteiger partial charge in [0, 0.05) is 16.8 Å². The molecular formula is C14H13N5O. The number of H-pyrrole nitrogens is 1. The molecule has 3 rings (SSSR count). The number of nitrogens with two attached hydrogens (primary N) is 2. The topological polar surface area (TPSA) is 110 Å². The van der Waals surface area contributed by atoms with E-state index in [0.717, 1.165) is 10.9 Å². The van der Waals surface area contributed by atoms with Crippen LogP contribution in [0.4, 0.5) is 17.1 Å². The minimum absolute atomic E-state index is 0.281. The lowest BCUT2D eigenvalue weighted by molar-refractivity contribution is 0.102. The highest BCUT2D eigenvalue weighted by Gasteiger charge is 2.12. The van der Waals surface area contributed by atoms with Gasteiger partial charge in [0.15, 0.2) is 0 Å². The van der Waals surface area contributed by atoms with Crippen molar-refractivity contribution in [1.29, 1.82) is 0 Å². The Hall–Kier alpha value is -3.02. The number of anilines is 3. The number of benzene rings is 2. The minimum Gasteiger partial charge on any atom is -0.399 e. The highest BCUT2D eigenvalue weighted by Crippen LogP contribution is 2.23. The molecule has 20 heavy (non-hydrogen) atoms. The van der Waals surface area contributed by atoms with E-state index in [-0.39, 0.29) is 5.91 Å². The van der Waals surface area contributed by atoms with Gasteiger partial charge in [-0.3, -0.25) is 9.89 Å². The molecule has 0 aliphatic rings. The van der Waals surface area contributed by atoms with Gasteiger partial charge in [-0.2, -0.15) is 5.10 Å². The molecular weight excluding hydrogens is 254 g/mol. The molecule has 6 N–H and O–H groups in total. The Morgan fingerprint density at radius 1 is 1.20 bits per heavy atom. The van der Waals surface area contributed by atoms with Crippen LogP contribution in [0.3, 0.4) is 0 Å². The number of fused-ring (bicyclic) bond motifs is 1. The Kier molecular flexibility index (Phi) is 2.76. The molecule has 2 aromatic carbocycles. The van der Waals surface area contributed by atoms with E-state index in [0.29, 0.717) is 22.6 Å². The second kappa shape index (κ2) is 4.58. The Balaban J connectivity index is 1.94. The first-order valence-corrected chi connectivity index (χ1v) is 6.03. The zero-order valence-electron chi connectivity index (χ0n) is 10.6. The SMILES string of the molecule is Nc1ccc(C(=O)Nc2cccc3[nH]ncc23)c(N)c1. The average molecular weight is 267 g/mol. The maximum absolute atomic E-state index is 12.2. The molecule has 0 aliphatic heterocycles. The summed E-state index contributed by atoms with van der Waals surface area (Å²) in [6, 6.07) is 10.3. The number of amides is 1.